The lowest BCUT2D eigenvalue weighted by Crippen LogP contribution is -2.46. The summed E-state index contributed by atoms with van der Waals surface area (Å²) in [6, 6.07) is 8.31. The number of halogens is 1. The molecule has 0 spiro atoms. The Hall–Kier alpha value is -1.48. The fourth-order valence-corrected chi connectivity index (χ4v) is 4.89. The van der Waals surface area contributed by atoms with Crippen LogP contribution in [0.5, 0.6) is 5.88 Å². The molecular formula is C17H20BrN5OS. The van der Waals surface area contributed by atoms with Gasteiger partial charge in [0, 0.05) is 30.7 Å². The van der Waals surface area contributed by atoms with Gasteiger partial charge in [-0.25, -0.2) is 4.98 Å². The van der Waals surface area contributed by atoms with Crippen molar-refractivity contribution in [3.8, 4) is 5.88 Å². The van der Waals surface area contributed by atoms with Gasteiger partial charge in [-0.1, -0.05) is 39.4 Å². The highest BCUT2D eigenvalue weighted by Gasteiger charge is 2.31. The van der Waals surface area contributed by atoms with Crippen molar-refractivity contribution in [3.63, 3.8) is 0 Å². The van der Waals surface area contributed by atoms with Crippen LogP contribution in [0, 0.1) is 6.92 Å². The topological polar surface area (TPSA) is 56.9 Å². The van der Waals surface area contributed by atoms with E-state index in [1.807, 2.05) is 19.1 Å². The molecule has 1 fully saturated rings. The molecule has 0 radical (unpaired) electrons. The molecule has 0 bridgehead atoms. The van der Waals surface area contributed by atoms with Crippen LogP contribution in [0.4, 0.5) is 0 Å². The Bertz CT molecular complexity index is 900. The molecule has 1 aliphatic heterocycles. The Morgan fingerprint density at radius 1 is 1.24 bits per heavy atom. The van der Waals surface area contributed by atoms with Crippen LogP contribution in [0.15, 0.2) is 28.7 Å². The van der Waals surface area contributed by atoms with Crippen LogP contribution in [0.25, 0.3) is 4.96 Å². The number of piperazine rings is 1. The SMILES string of the molecule is Cc1nc2sc([C@H](c3cccc(Br)c3)N3CCN(C)CC3)c(O)n2n1. The van der Waals surface area contributed by atoms with Gasteiger partial charge in [-0.15, -0.1) is 5.10 Å². The third-order valence-electron chi connectivity index (χ3n) is 4.62. The zero-order valence-corrected chi connectivity index (χ0v) is 16.6. The summed E-state index contributed by atoms with van der Waals surface area (Å²) in [6.45, 7) is 5.79. The number of aryl methyl sites for hydroxylation is 1. The third kappa shape index (κ3) is 3.19. The summed E-state index contributed by atoms with van der Waals surface area (Å²) in [5.41, 5.74) is 1.16. The zero-order valence-electron chi connectivity index (χ0n) is 14.2. The standard InChI is InChI=1S/C17H20BrN5OS/c1-11-19-17-23(20-11)16(24)15(25-17)14(12-4-3-5-13(18)10-12)22-8-6-21(2)7-9-22/h3-5,10,14,24H,6-9H2,1-2H3/t14-/m0/s1. The highest BCUT2D eigenvalue weighted by molar-refractivity contribution is 9.10. The second-order valence-electron chi connectivity index (χ2n) is 6.44. The van der Waals surface area contributed by atoms with Crippen molar-refractivity contribution < 1.29 is 5.11 Å². The Balaban J connectivity index is 1.81. The number of hydrogen-bond donors (Lipinski definition) is 1. The van der Waals surface area contributed by atoms with Crippen molar-refractivity contribution in [2.45, 2.75) is 13.0 Å². The van der Waals surface area contributed by atoms with Gasteiger partial charge >= 0.3 is 0 Å². The van der Waals surface area contributed by atoms with Gasteiger partial charge in [-0.3, -0.25) is 4.90 Å². The van der Waals surface area contributed by atoms with E-state index >= 15 is 0 Å². The molecule has 3 heterocycles. The molecule has 0 saturated carbocycles. The number of aromatic nitrogens is 3. The molecular weight excluding hydrogens is 402 g/mol. The zero-order chi connectivity index (χ0) is 17.6. The first kappa shape index (κ1) is 17.0. The predicted molar refractivity (Wildman–Crippen MR) is 102 cm³/mol. The number of likely N-dealkylation sites (N-methyl/N-ethyl adjacent to an activating group) is 1. The molecule has 6 nitrogen and oxygen atoms in total. The average Bonchev–Trinajstić information content (AvgIpc) is 3.08. The summed E-state index contributed by atoms with van der Waals surface area (Å²) >= 11 is 5.09. The fourth-order valence-electron chi connectivity index (χ4n) is 3.31. The van der Waals surface area contributed by atoms with Gasteiger partial charge < -0.3 is 10.0 Å². The Kier molecular flexibility index (Phi) is 4.53. The van der Waals surface area contributed by atoms with Crippen molar-refractivity contribution >= 4 is 32.2 Å². The molecule has 4 rings (SSSR count). The van der Waals surface area contributed by atoms with Gasteiger partial charge in [0.1, 0.15) is 5.82 Å². The van der Waals surface area contributed by atoms with Crippen LogP contribution >= 0.6 is 27.3 Å². The third-order valence-corrected chi connectivity index (χ3v) is 6.19. The minimum absolute atomic E-state index is 0.00000567. The second-order valence-corrected chi connectivity index (χ2v) is 8.36. The smallest absolute Gasteiger partial charge is 0.230 e. The summed E-state index contributed by atoms with van der Waals surface area (Å²) in [4.78, 5) is 10.8. The highest BCUT2D eigenvalue weighted by Crippen LogP contribution is 2.40. The first-order valence-corrected chi connectivity index (χ1v) is 9.87. The van der Waals surface area contributed by atoms with E-state index in [0.717, 1.165) is 46.1 Å². The van der Waals surface area contributed by atoms with Gasteiger partial charge in [-0.2, -0.15) is 4.52 Å². The van der Waals surface area contributed by atoms with Crippen LogP contribution in [0.2, 0.25) is 0 Å². The van der Waals surface area contributed by atoms with E-state index in [9.17, 15) is 5.11 Å². The number of benzene rings is 1. The van der Waals surface area contributed by atoms with E-state index in [-0.39, 0.29) is 11.9 Å². The molecule has 3 aromatic rings. The summed E-state index contributed by atoms with van der Waals surface area (Å²) in [7, 11) is 2.15. The molecule has 132 valence electrons. The first-order chi connectivity index (χ1) is 12.0. The van der Waals surface area contributed by atoms with Crippen molar-refractivity contribution in [1.29, 1.82) is 0 Å². The van der Waals surface area contributed by atoms with E-state index in [0.29, 0.717) is 5.82 Å². The van der Waals surface area contributed by atoms with Crippen LogP contribution < -0.4 is 0 Å². The van der Waals surface area contributed by atoms with E-state index in [4.69, 9.17) is 0 Å². The summed E-state index contributed by atoms with van der Waals surface area (Å²) in [5.74, 6) is 0.871. The molecule has 25 heavy (non-hydrogen) atoms. The average molecular weight is 422 g/mol. The van der Waals surface area contributed by atoms with Crippen molar-refractivity contribution in [2.24, 2.45) is 0 Å². The van der Waals surface area contributed by atoms with Crippen molar-refractivity contribution in [1.82, 2.24) is 24.4 Å². The Labute approximate surface area is 158 Å². The van der Waals surface area contributed by atoms with Crippen molar-refractivity contribution in [3.05, 3.63) is 45.0 Å². The summed E-state index contributed by atoms with van der Waals surface area (Å²) in [5, 5.41) is 15.1. The predicted octanol–water partition coefficient (Wildman–Crippen LogP) is 2.90. The molecule has 1 atom stereocenters. The maximum absolute atomic E-state index is 10.8. The normalized spacial score (nSPS) is 18.0. The summed E-state index contributed by atoms with van der Waals surface area (Å²) < 4.78 is 2.59. The Morgan fingerprint density at radius 2 is 2.00 bits per heavy atom. The minimum atomic E-state index is 0.00000567. The highest BCUT2D eigenvalue weighted by atomic mass is 79.9. The first-order valence-electron chi connectivity index (χ1n) is 8.26. The number of nitrogens with zero attached hydrogens (tertiary/aromatic N) is 5. The molecule has 0 aliphatic carbocycles. The molecule has 1 aromatic carbocycles. The van der Waals surface area contributed by atoms with E-state index < -0.39 is 0 Å². The molecule has 2 aromatic heterocycles. The lowest BCUT2D eigenvalue weighted by molar-refractivity contribution is 0.127. The van der Waals surface area contributed by atoms with Crippen molar-refractivity contribution in [2.75, 3.05) is 33.2 Å². The lowest BCUT2D eigenvalue weighted by atomic mass is 10.0. The van der Waals surface area contributed by atoms with Gasteiger partial charge in [0.2, 0.25) is 10.8 Å². The van der Waals surface area contributed by atoms with E-state index in [1.54, 1.807) is 4.52 Å². The number of thiazole rings is 1. The number of aromatic hydroxyl groups is 1. The molecule has 1 aliphatic rings. The summed E-state index contributed by atoms with van der Waals surface area (Å²) in [6.07, 6.45) is 0. The number of rotatable bonds is 3. The molecule has 0 amide bonds. The van der Waals surface area contributed by atoms with Gasteiger partial charge in [0.15, 0.2) is 0 Å². The number of fused-ring (bicyclic) bond motifs is 1. The van der Waals surface area contributed by atoms with E-state index in [1.165, 1.54) is 11.3 Å². The molecule has 0 unspecified atom stereocenters. The fraction of sp³-hybridized carbons (Fsp3) is 0.412. The van der Waals surface area contributed by atoms with Gasteiger partial charge in [-0.05, 0) is 31.7 Å². The molecule has 1 N–H and O–H groups in total. The van der Waals surface area contributed by atoms with Crippen LogP contribution in [-0.4, -0.2) is 62.7 Å². The maximum atomic E-state index is 10.8. The van der Waals surface area contributed by atoms with E-state index in [2.05, 4.69) is 55.0 Å². The largest absolute Gasteiger partial charge is 0.492 e. The number of hydrogen-bond acceptors (Lipinski definition) is 6. The molecule has 8 heteroatoms. The Morgan fingerprint density at radius 3 is 2.68 bits per heavy atom. The van der Waals surface area contributed by atoms with Crippen LogP contribution in [0.1, 0.15) is 22.3 Å². The minimum Gasteiger partial charge on any atom is -0.492 e. The monoisotopic (exact) mass is 421 g/mol. The van der Waals surface area contributed by atoms with Crippen LogP contribution in [0.3, 0.4) is 0 Å². The molecule has 1 saturated heterocycles. The second kappa shape index (κ2) is 6.68. The lowest BCUT2D eigenvalue weighted by Gasteiger charge is -2.37. The van der Waals surface area contributed by atoms with Crippen LogP contribution in [-0.2, 0) is 0 Å². The van der Waals surface area contributed by atoms with Gasteiger partial charge in [0.25, 0.3) is 0 Å². The quantitative estimate of drug-likeness (QED) is 0.704. The van der Waals surface area contributed by atoms with Gasteiger partial charge in [0.05, 0.1) is 10.9 Å². The maximum Gasteiger partial charge on any atom is 0.230 e.